The Bertz CT molecular complexity index is 804. The highest BCUT2D eigenvalue weighted by Gasteiger charge is 2.28. The number of aromatic nitrogens is 2. The lowest BCUT2D eigenvalue weighted by Gasteiger charge is -2.20. The van der Waals surface area contributed by atoms with Gasteiger partial charge in [0.1, 0.15) is 5.75 Å². The highest BCUT2D eigenvalue weighted by atomic mass is 35.5. The monoisotopic (exact) mass is 355 g/mol. The van der Waals surface area contributed by atoms with Crippen molar-refractivity contribution in [2.24, 2.45) is 0 Å². The van der Waals surface area contributed by atoms with E-state index in [1.807, 2.05) is 11.5 Å². The molecule has 0 fully saturated rings. The van der Waals surface area contributed by atoms with Gasteiger partial charge in [-0.3, -0.25) is 0 Å². The Balaban J connectivity index is 1.94. The molecule has 1 aromatic carbocycles. The lowest BCUT2D eigenvalue weighted by molar-refractivity contribution is 0.339. The summed E-state index contributed by atoms with van der Waals surface area (Å²) in [6.07, 6.45) is 4.19. The Morgan fingerprint density at radius 3 is 2.96 bits per heavy atom. The van der Waals surface area contributed by atoms with Crippen LogP contribution in [0.3, 0.4) is 0 Å². The first kappa shape index (κ1) is 16.3. The average Bonchev–Trinajstić information content (AvgIpc) is 2.86. The molecule has 1 aromatic heterocycles. The Morgan fingerprint density at radius 1 is 1.35 bits per heavy atom. The fourth-order valence-electron chi connectivity index (χ4n) is 2.62. The van der Waals surface area contributed by atoms with Gasteiger partial charge in [0.15, 0.2) is 0 Å². The lowest BCUT2D eigenvalue weighted by atomic mass is 10.3. The third kappa shape index (κ3) is 3.22. The number of halogens is 1. The van der Waals surface area contributed by atoms with Crippen molar-refractivity contribution in [2.45, 2.75) is 31.3 Å². The van der Waals surface area contributed by atoms with Crippen molar-refractivity contribution in [3.8, 4) is 5.75 Å². The first-order valence-electron chi connectivity index (χ1n) is 7.44. The fourth-order valence-corrected chi connectivity index (χ4v) is 4.26. The summed E-state index contributed by atoms with van der Waals surface area (Å²) < 4.78 is 34.7. The van der Waals surface area contributed by atoms with Crippen molar-refractivity contribution < 1.29 is 13.2 Å². The maximum absolute atomic E-state index is 12.9. The zero-order valence-electron chi connectivity index (χ0n) is 12.8. The quantitative estimate of drug-likeness (QED) is 0.845. The Hall–Kier alpha value is -1.57. The van der Waals surface area contributed by atoms with E-state index in [1.54, 1.807) is 18.6 Å². The zero-order valence-corrected chi connectivity index (χ0v) is 14.3. The van der Waals surface area contributed by atoms with Crippen LogP contribution in [-0.4, -0.2) is 35.4 Å². The summed E-state index contributed by atoms with van der Waals surface area (Å²) in [5.74, 6) is 0.384. The van der Waals surface area contributed by atoms with Crippen molar-refractivity contribution in [1.82, 2.24) is 13.9 Å². The van der Waals surface area contributed by atoms with E-state index in [4.69, 9.17) is 16.3 Å². The summed E-state index contributed by atoms with van der Waals surface area (Å²) in [5, 5.41) is 0.403. The van der Waals surface area contributed by atoms with E-state index >= 15 is 0 Å². The van der Waals surface area contributed by atoms with E-state index < -0.39 is 10.0 Å². The van der Waals surface area contributed by atoms with Crippen LogP contribution in [0.2, 0.25) is 5.02 Å². The number of benzene rings is 1. The molecule has 0 saturated carbocycles. The SMILES string of the molecule is CCOc1cc(S(=O)(=O)N2CCCn3cncc3C2)ccc1Cl. The van der Waals surface area contributed by atoms with Crippen LogP contribution in [0.4, 0.5) is 0 Å². The molecular formula is C15H18ClN3O3S. The first-order valence-corrected chi connectivity index (χ1v) is 9.25. The maximum atomic E-state index is 12.9. The number of sulfonamides is 1. The average molecular weight is 356 g/mol. The third-order valence-corrected chi connectivity index (χ3v) is 5.94. The van der Waals surface area contributed by atoms with Gasteiger partial charge in [0.25, 0.3) is 0 Å². The van der Waals surface area contributed by atoms with Crippen LogP contribution in [0.1, 0.15) is 19.0 Å². The number of rotatable bonds is 4. The number of fused-ring (bicyclic) bond motifs is 1. The minimum atomic E-state index is -3.61. The smallest absolute Gasteiger partial charge is 0.243 e. The molecule has 2 heterocycles. The summed E-state index contributed by atoms with van der Waals surface area (Å²) in [4.78, 5) is 4.28. The molecule has 0 aliphatic carbocycles. The van der Waals surface area contributed by atoms with Crippen molar-refractivity contribution in [3.63, 3.8) is 0 Å². The zero-order chi connectivity index (χ0) is 16.4. The molecular weight excluding hydrogens is 338 g/mol. The number of aryl methyl sites for hydroxylation is 1. The molecule has 23 heavy (non-hydrogen) atoms. The Kier molecular flexibility index (Phi) is 4.61. The second-order valence-corrected chi connectivity index (χ2v) is 7.64. The van der Waals surface area contributed by atoms with E-state index in [-0.39, 0.29) is 4.90 Å². The van der Waals surface area contributed by atoms with E-state index in [0.29, 0.717) is 30.5 Å². The standard InChI is InChI=1S/C15H18ClN3O3S/c1-2-22-15-8-13(4-5-14(15)16)23(20,21)19-7-3-6-18-11-17-9-12(18)10-19/h4-5,8-9,11H,2-3,6-7,10H2,1H3. The minimum absolute atomic E-state index is 0.193. The van der Waals surface area contributed by atoms with Crippen LogP contribution in [0.5, 0.6) is 5.75 Å². The third-order valence-electron chi connectivity index (χ3n) is 3.78. The van der Waals surface area contributed by atoms with Crippen LogP contribution < -0.4 is 4.74 Å². The molecule has 0 amide bonds. The molecule has 8 heteroatoms. The highest BCUT2D eigenvalue weighted by Crippen LogP contribution is 2.30. The summed E-state index contributed by atoms with van der Waals surface area (Å²) in [7, 11) is -3.61. The van der Waals surface area contributed by atoms with Crippen molar-refractivity contribution in [2.75, 3.05) is 13.2 Å². The van der Waals surface area contributed by atoms with Gasteiger partial charge < -0.3 is 9.30 Å². The molecule has 0 bridgehead atoms. The predicted octanol–water partition coefficient (Wildman–Crippen LogP) is 2.53. The van der Waals surface area contributed by atoms with Crippen LogP contribution in [0.15, 0.2) is 35.6 Å². The predicted molar refractivity (Wildman–Crippen MR) is 87.1 cm³/mol. The van der Waals surface area contributed by atoms with Gasteiger partial charge in [-0.1, -0.05) is 11.6 Å². The Morgan fingerprint density at radius 2 is 2.17 bits per heavy atom. The minimum Gasteiger partial charge on any atom is -0.492 e. The van der Waals surface area contributed by atoms with Gasteiger partial charge in [0.2, 0.25) is 10.0 Å². The van der Waals surface area contributed by atoms with E-state index in [9.17, 15) is 8.42 Å². The van der Waals surface area contributed by atoms with E-state index in [0.717, 1.165) is 18.7 Å². The molecule has 124 valence electrons. The van der Waals surface area contributed by atoms with Crippen molar-refractivity contribution in [1.29, 1.82) is 0 Å². The molecule has 0 radical (unpaired) electrons. The van der Waals surface area contributed by atoms with Crippen LogP contribution in [0.25, 0.3) is 0 Å². The van der Waals surface area contributed by atoms with Gasteiger partial charge in [-0.15, -0.1) is 0 Å². The molecule has 1 aliphatic heterocycles. The van der Waals surface area contributed by atoms with Gasteiger partial charge >= 0.3 is 0 Å². The Labute approximate surface area is 140 Å². The normalized spacial score (nSPS) is 15.9. The molecule has 0 atom stereocenters. The molecule has 0 N–H and O–H groups in total. The lowest BCUT2D eigenvalue weighted by Crippen LogP contribution is -2.30. The second kappa shape index (κ2) is 6.51. The summed E-state index contributed by atoms with van der Waals surface area (Å²) in [6, 6.07) is 4.56. The highest BCUT2D eigenvalue weighted by molar-refractivity contribution is 7.89. The van der Waals surface area contributed by atoms with Crippen LogP contribution in [0, 0.1) is 0 Å². The van der Waals surface area contributed by atoms with Crippen molar-refractivity contribution in [3.05, 3.63) is 41.4 Å². The number of imidazole rings is 1. The molecule has 1 aliphatic rings. The molecule has 3 rings (SSSR count). The fraction of sp³-hybridized carbons (Fsp3) is 0.400. The molecule has 0 spiro atoms. The largest absolute Gasteiger partial charge is 0.492 e. The van der Waals surface area contributed by atoms with Gasteiger partial charge in [-0.05, 0) is 25.5 Å². The van der Waals surface area contributed by atoms with Gasteiger partial charge in [0, 0.05) is 25.4 Å². The number of hydrogen-bond acceptors (Lipinski definition) is 4. The summed E-state index contributed by atoms with van der Waals surface area (Å²) in [5.41, 5.74) is 0.894. The summed E-state index contributed by atoms with van der Waals surface area (Å²) >= 11 is 6.04. The number of hydrogen-bond donors (Lipinski definition) is 0. The van der Waals surface area contributed by atoms with Gasteiger partial charge in [-0.25, -0.2) is 13.4 Å². The van der Waals surface area contributed by atoms with Crippen LogP contribution >= 0.6 is 11.6 Å². The van der Waals surface area contributed by atoms with Crippen molar-refractivity contribution >= 4 is 21.6 Å². The summed E-state index contributed by atoms with van der Waals surface area (Å²) in [6.45, 7) is 3.80. The maximum Gasteiger partial charge on any atom is 0.243 e. The van der Waals surface area contributed by atoms with Gasteiger partial charge in [0.05, 0.1) is 35.1 Å². The molecule has 0 saturated heterocycles. The van der Waals surface area contributed by atoms with E-state index in [2.05, 4.69) is 4.98 Å². The first-order chi connectivity index (χ1) is 11.0. The topological polar surface area (TPSA) is 64.4 Å². The molecule has 0 unspecified atom stereocenters. The second-order valence-electron chi connectivity index (χ2n) is 5.30. The molecule has 2 aromatic rings. The van der Waals surface area contributed by atoms with E-state index in [1.165, 1.54) is 16.4 Å². The van der Waals surface area contributed by atoms with Gasteiger partial charge in [-0.2, -0.15) is 4.31 Å². The molecule has 6 nitrogen and oxygen atoms in total. The number of ether oxygens (including phenoxy) is 1. The number of nitrogens with zero attached hydrogens (tertiary/aromatic N) is 3. The van der Waals surface area contributed by atoms with Crippen LogP contribution in [-0.2, 0) is 23.1 Å².